The number of carbonyl (C=O) groups is 1. The lowest BCUT2D eigenvalue weighted by atomic mass is 10.1. The molecule has 25 heavy (non-hydrogen) atoms. The number of aryl methyl sites for hydroxylation is 1. The van der Waals surface area contributed by atoms with Gasteiger partial charge in [0.15, 0.2) is 0 Å². The second kappa shape index (κ2) is 7.00. The van der Waals surface area contributed by atoms with Crippen LogP contribution < -0.4 is 5.32 Å². The molecule has 2 aromatic carbocycles. The first-order chi connectivity index (χ1) is 11.9. The number of benzene rings is 2. The molecule has 0 saturated carbocycles. The van der Waals surface area contributed by atoms with Gasteiger partial charge in [-0.15, -0.1) is 11.8 Å². The molecule has 2 amide bonds. The maximum Gasteiger partial charge on any atom is 0.416 e. The van der Waals surface area contributed by atoms with Gasteiger partial charge in [-0.25, -0.2) is 4.79 Å². The van der Waals surface area contributed by atoms with Crippen molar-refractivity contribution in [2.75, 3.05) is 17.6 Å². The van der Waals surface area contributed by atoms with Crippen molar-refractivity contribution in [2.45, 2.75) is 18.5 Å². The lowest BCUT2D eigenvalue weighted by Gasteiger charge is -2.25. The molecule has 2 aromatic rings. The van der Waals surface area contributed by atoms with Crippen LogP contribution in [0.15, 0.2) is 48.5 Å². The van der Waals surface area contributed by atoms with Crippen molar-refractivity contribution in [3.05, 3.63) is 65.2 Å². The van der Waals surface area contributed by atoms with Crippen LogP contribution in [0.5, 0.6) is 0 Å². The number of alkyl halides is 3. The average Bonchev–Trinajstić information content (AvgIpc) is 3.06. The number of nitrogens with one attached hydrogen (secondary N) is 1. The molecule has 3 rings (SSSR count). The molecule has 0 aromatic heterocycles. The lowest BCUT2D eigenvalue weighted by molar-refractivity contribution is -0.137. The van der Waals surface area contributed by atoms with Gasteiger partial charge in [0.2, 0.25) is 0 Å². The largest absolute Gasteiger partial charge is 0.416 e. The summed E-state index contributed by atoms with van der Waals surface area (Å²) in [5.74, 6) is 0.743. The summed E-state index contributed by atoms with van der Waals surface area (Å²) in [5.41, 5.74) is 1.69. The van der Waals surface area contributed by atoms with E-state index < -0.39 is 11.7 Å². The molecule has 0 unspecified atom stereocenters. The van der Waals surface area contributed by atoms with Crippen molar-refractivity contribution in [2.24, 2.45) is 0 Å². The molecular formula is C18H17F3N2OS. The van der Waals surface area contributed by atoms with Gasteiger partial charge < -0.3 is 10.2 Å². The number of carbonyl (C=O) groups excluding carboxylic acids is 1. The number of hydrogen-bond donors (Lipinski definition) is 1. The number of urea groups is 1. The van der Waals surface area contributed by atoms with Crippen molar-refractivity contribution in [1.82, 2.24) is 4.90 Å². The molecule has 1 heterocycles. The number of para-hydroxylation sites is 1. The highest BCUT2D eigenvalue weighted by atomic mass is 32.2. The molecule has 0 bridgehead atoms. The predicted octanol–water partition coefficient (Wildman–Crippen LogP) is 5.29. The second-order valence-electron chi connectivity index (χ2n) is 5.78. The van der Waals surface area contributed by atoms with Crippen LogP contribution in [-0.2, 0) is 6.18 Å². The minimum atomic E-state index is -4.36. The number of halogens is 3. The van der Waals surface area contributed by atoms with Gasteiger partial charge in [0, 0.05) is 18.0 Å². The molecule has 1 saturated heterocycles. The normalized spacial score (nSPS) is 17.6. The number of thioether (sulfide) groups is 1. The van der Waals surface area contributed by atoms with Gasteiger partial charge in [-0.05, 0) is 36.2 Å². The quantitative estimate of drug-likeness (QED) is 0.783. The Morgan fingerprint density at radius 2 is 1.84 bits per heavy atom. The SMILES string of the molecule is Cc1ccccc1NC(=O)N1CCS[C@H]1c1ccc(C(F)(F)F)cc1. The maximum atomic E-state index is 12.7. The predicted molar refractivity (Wildman–Crippen MR) is 93.5 cm³/mol. The fourth-order valence-corrected chi connectivity index (χ4v) is 3.95. The second-order valence-corrected chi connectivity index (χ2v) is 6.97. The minimum absolute atomic E-state index is 0.246. The van der Waals surface area contributed by atoms with Crippen LogP contribution in [-0.4, -0.2) is 23.2 Å². The summed E-state index contributed by atoms with van der Waals surface area (Å²) in [6, 6.07) is 12.2. The first-order valence-corrected chi connectivity index (χ1v) is 8.83. The Labute approximate surface area is 148 Å². The van der Waals surface area contributed by atoms with Crippen LogP contribution >= 0.6 is 11.8 Å². The molecule has 1 aliphatic heterocycles. The van der Waals surface area contributed by atoms with E-state index in [1.165, 1.54) is 12.1 Å². The van der Waals surface area contributed by atoms with Crippen molar-refractivity contribution < 1.29 is 18.0 Å². The van der Waals surface area contributed by atoms with E-state index in [0.717, 1.165) is 29.1 Å². The number of nitrogens with zero attached hydrogens (tertiary/aromatic N) is 1. The van der Waals surface area contributed by atoms with Crippen LogP contribution in [0.3, 0.4) is 0 Å². The zero-order valence-corrected chi connectivity index (χ0v) is 14.3. The summed E-state index contributed by atoms with van der Waals surface area (Å²) >= 11 is 1.54. The fourth-order valence-electron chi connectivity index (χ4n) is 2.69. The van der Waals surface area contributed by atoms with E-state index >= 15 is 0 Å². The number of amides is 2. The van der Waals surface area contributed by atoms with E-state index in [-0.39, 0.29) is 11.4 Å². The van der Waals surface area contributed by atoms with Crippen LogP contribution in [0.2, 0.25) is 0 Å². The van der Waals surface area contributed by atoms with Crippen LogP contribution in [0.4, 0.5) is 23.7 Å². The van der Waals surface area contributed by atoms with Gasteiger partial charge in [-0.2, -0.15) is 13.2 Å². The summed E-state index contributed by atoms with van der Waals surface area (Å²) in [4.78, 5) is 14.3. The molecule has 3 nitrogen and oxygen atoms in total. The molecule has 1 atom stereocenters. The van der Waals surface area contributed by atoms with Crippen molar-refractivity contribution in [3.8, 4) is 0 Å². The summed E-state index contributed by atoms with van der Waals surface area (Å²) in [5, 5.41) is 2.60. The average molecular weight is 366 g/mol. The van der Waals surface area contributed by atoms with E-state index in [1.807, 2.05) is 31.2 Å². The summed E-state index contributed by atoms with van der Waals surface area (Å²) in [6.07, 6.45) is -4.36. The summed E-state index contributed by atoms with van der Waals surface area (Å²) in [7, 11) is 0. The van der Waals surface area contributed by atoms with E-state index in [2.05, 4.69) is 5.32 Å². The third-order valence-corrected chi connectivity index (χ3v) is 5.32. The first-order valence-electron chi connectivity index (χ1n) is 7.78. The summed E-state index contributed by atoms with van der Waals surface area (Å²) < 4.78 is 38.1. The summed E-state index contributed by atoms with van der Waals surface area (Å²) in [6.45, 7) is 2.45. The third kappa shape index (κ3) is 3.92. The maximum absolute atomic E-state index is 12.7. The molecule has 7 heteroatoms. The van der Waals surface area contributed by atoms with E-state index in [4.69, 9.17) is 0 Å². The molecule has 1 fully saturated rings. The minimum Gasteiger partial charge on any atom is -0.308 e. The monoisotopic (exact) mass is 366 g/mol. The molecule has 0 radical (unpaired) electrons. The Balaban J connectivity index is 1.76. The Hall–Kier alpha value is -2.15. The van der Waals surface area contributed by atoms with Gasteiger partial charge in [0.25, 0.3) is 0 Å². The highest BCUT2D eigenvalue weighted by Gasteiger charge is 2.33. The Bertz CT molecular complexity index is 762. The van der Waals surface area contributed by atoms with Crippen molar-refractivity contribution in [1.29, 1.82) is 0 Å². The highest BCUT2D eigenvalue weighted by Crippen LogP contribution is 2.39. The van der Waals surface area contributed by atoms with E-state index in [0.29, 0.717) is 12.1 Å². The lowest BCUT2D eigenvalue weighted by Crippen LogP contribution is -2.34. The molecule has 132 valence electrons. The van der Waals surface area contributed by atoms with Gasteiger partial charge >= 0.3 is 12.2 Å². The number of anilines is 1. The van der Waals surface area contributed by atoms with Crippen molar-refractivity contribution in [3.63, 3.8) is 0 Å². The number of hydrogen-bond acceptors (Lipinski definition) is 2. The van der Waals surface area contributed by atoms with Crippen molar-refractivity contribution >= 4 is 23.5 Å². The van der Waals surface area contributed by atoms with E-state index in [1.54, 1.807) is 16.7 Å². The Morgan fingerprint density at radius 3 is 2.48 bits per heavy atom. The van der Waals surface area contributed by atoms with Crippen LogP contribution in [0.25, 0.3) is 0 Å². The van der Waals surface area contributed by atoms with E-state index in [9.17, 15) is 18.0 Å². The Kier molecular flexibility index (Phi) is 4.94. The topological polar surface area (TPSA) is 32.3 Å². The zero-order valence-electron chi connectivity index (χ0n) is 13.5. The number of rotatable bonds is 2. The fraction of sp³-hybridized carbons (Fsp3) is 0.278. The van der Waals surface area contributed by atoms with Crippen LogP contribution in [0, 0.1) is 6.92 Å². The highest BCUT2D eigenvalue weighted by molar-refractivity contribution is 7.99. The zero-order chi connectivity index (χ0) is 18.0. The molecule has 1 aliphatic rings. The van der Waals surface area contributed by atoms with Gasteiger partial charge in [0.1, 0.15) is 5.37 Å². The van der Waals surface area contributed by atoms with Crippen LogP contribution in [0.1, 0.15) is 22.1 Å². The smallest absolute Gasteiger partial charge is 0.308 e. The molecule has 1 N–H and O–H groups in total. The standard InChI is InChI=1S/C18H17F3N2OS/c1-12-4-2-3-5-15(12)22-17(24)23-10-11-25-16(23)13-6-8-14(9-7-13)18(19,20)21/h2-9,16H,10-11H2,1H3,(H,22,24)/t16-/m0/s1. The Morgan fingerprint density at radius 1 is 1.16 bits per heavy atom. The molecule has 0 aliphatic carbocycles. The molecular weight excluding hydrogens is 349 g/mol. The van der Waals surface area contributed by atoms with Gasteiger partial charge in [-0.1, -0.05) is 30.3 Å². The van der Waals surface area contributed by atoms with Gasteiger partial charge in [0.05, 0.1) is 5.56 Å². The molecule has 0 spiro atoms. The van der Waals surface area contributed by atoms with Gasteiger partial charge in [-0.3, -0.25) is 0 Å². The first kappa shape index (κ1) is 17.7. The third-order valence-electron chi connectivity index (χ3n) is 4.06.